The van der Waals surface area contributed by atoms with Crippen molar-refractivity contribution in [3.63, 3.8) is 0 Å². The summed E-state index contributed by atoms with van der Waals surface area (Å²) in [5.74, 6) is 0. The van der Waals surface area contributed by atoms with Gasteiger partial charge >= 0.3 is 6.09 Å². The summed E-state index contributed by atoms with van der Waals surface area (Å²) in [5.41, 5.74) is 1.55. The summed E-state index contributed by atoms with van der Waals surface area (Å²) in [6.07, 6.45) is -1.14. The first kappa shape index (κ1) is 10.1. The number of carbonyl (C=O) groups is 1. The van der Waals surface area contributed by atoms with Gasteiger partial charge in [-0.15, -0.1) is 0 Å². The Labute approximate surface area is 93.7 Å². The molecule has 0 spiro atoms. The Bertz CT molecular complexity index is 540. The summed E-state index contributed by atoms with van der Waals surface area (Å²) < 4.78 is 0. The Kier molecular flexibility index (Phi) is 2.45. The summed E-state index contributed by atoms with van der Waals surface area (Å²) in [6, 6.07) is 1.69. The number of thiazole rings is 1. The van der Waals surface area contributed by atoms with Crippen molar-refractivity contribution in [1.82, 2.24) is 9.97 Å². The van der Waals surface area contributed by atoms with Crippen molar-refractivity contribution in [3.05, 3.63) is 16.8 Å². The zero-order valence-electron chi connectivity index (χ0n) is 7.61. The molecule has 0 aromatic carbocycles. The molecule has 0 radical (unpaired) electrons. The van der Waals surface area contributed by atoms with Gasteiger partial charge < -0.3 is 5.11 Å². The number of hydrogen-bond acceptors (Lipinski definition) is 4. The van der Waals surface area contributed by atoms with E-state index in [0.29, 0.717) is 20.6 Å². The average molecular weight is 244 g/mol. The zero-order chi connectivity index (χ0) is 11.0. The van der Waals surface area contributed by atoms with Gasteiger partial charge in [0.15, 0.2) is 5.13 Å². The van der Waals surface area contributed by atoms with Gasteiger partial charge in [-0.05, 0) is 18.6 Å². The SMILES string of the molecule is Cc1cc(Cl)nc2sc(NC(=O)O)nc12. The number of anilines is 1. The highest BCUT2D eigenvalue weighted by atomic mass is 35.5. The fraction of sp³-hybridized carbons (Fsp3) is 0.125. The number of hydrogen-bond donors (Lipinski definition) is 2. The smallest absolute Gasteiger partial charge is 0.410 e. The van der Waals surface area contributed by atoms with Crippen molar-refractivity contribution in [3.8, 4) is 0 Å². The number of nitrogens with zero attached hydrogens (tertiary/aromatic N) is 2. The van der Waals surface area contributed by atoms with Crippen LogP contribution in [0.15, 0.2) is 6.07 Å². The van der Waals surface area contributed by atoms with E-state index in [1.165, 1.54) is 0 Å². The van der Waals surface area contributed by atoms with Crippen molar-refractivity contribution in [2.45, 2.75) is 6.92 Å². The molecule has 1 amide bonds. The minimum atomic E-state index is -1.14. The van der Waals surface area contributed by atoms with E-state index in [9.17, 15) is 4.79 Å². The summed E-state index contributed by atoms with van der Waals surface area (Å²) >= 11 is 6.93. The minimum absolute atomic E-state index is 0.301. The molecule has 0 fully saturated rings. The van der Waals surface area contributed by atoms with Crippen molar-refractivity contribution in [2.24, 2.45) is 0 Å². The maximum absolute atomic E-state index is 10.4. The predicted octanol–water partition coefficient (Wildman–Crippen LogP) is 2.74. The topological polar surface area (TPSA) is 75.1 Å². The van der Waals surface area contributed by atoms with Crippen LogP contribution in [0.4, 0.5) is 9.93 Å². The summed E-state index contributed by atoms with van der Waals surface area (Å²) in [6.45, 7) is 1.85. The van der Waals surface area contributed by atoms with Gasteiger partial charge in [-0.3, -0.25) is 5.32 Å². The number of rotatable bonds is 1. The molecule has 0 saturated heterocycles. The van der Waals surface area contributed by atoms with E-state index >= 15 is 0 Å². The third-order valence-electron chi connectivity index (χ3n) is 1.74. The maximum Gasteiger partial charge on any atom is 0.410 e. The Hall–Kier alpha value is -1.40. The normalized spacial score (nSPS) is 10.5. The van der Waals surface area contributed by atoms with Gasteiger partial charge in [-0.1, -0.05) is 22.9 Å². The molecule has 2 aromatic heterocycles. The number of amides is 1. The third kappa shape index (κ3) is 2.00. The number of carboxylic acid groups (broad SMARTS) is 1. The molecule has 5 nitrogen and oxygen atoms in total. The van der Waals surface area contributed by atoms with Crippen molar-refractivity contribution in [2.75, 3.05) is 5.32 Å². The van der Waals surface area contributed by atoms with Crippen LogP contribution in [-0.4, -0.2) is 21.2 Å². The zero-order valence-corrected chi connectivity index (χ0v) is 9.19. The molecule has 78 valence electrons. The second-order valence-electron chi connectivity index (χ2n) is 2.86. The number of aryl methyl sites for hydroxylation is 1. The molecule has 0 bridgehead atoms. The van der Waals surface area contributed by atoms with Crippen LogP contribution in [0.3, 0.4) is 0 Å². The van der Waals surface area contributed by atoms with Gasteiger partial charge in [-0.25, -0.2) is 14.8 Å². The van der Waals surface area contributed by atoms with E-state index in [-0.39, 0.29) is 0 Å². The maximum atomic E-state index is 10.4. The second-order valence-corrected chi connectivity index (χ2v) is 4.23. The van der Waals surface area contributed by atoms with Gasteiger partial charge in [0.2, 0.25) is 0 Å². The van der Waals surface area contributed by atoms with Crippen molar-refractivity contribution in [1.29, 1.82) is 0 Å². The van der Waals surface area contributed by atoms with E-state index in [4.69, 9.17) is 16.7 Å². The number of pyridine rings is 1. The molecule has 0 aliphatic carbocycles. The van der Waals surface area contributed by atoms with E-state index in [0.717, 1.165) is 16.9 Å². The van der Waals surface area contributed by atoms with Gasteiger partial charge in [0, 0.05) is 0 Å². The molecule has 0 aliphatic heterocycles. The van der Waals surface area contributed by atoms with Crippen molar-refractivity contribution < 1.29 is 9.90 Å². The number of aromatic nitrogens is 2. The quantitative estimate of drug-likeness (QED) is 0.755. The van der Waals surface area contributed by atoms with Gasteiger partial charge in [0.05, 0.1) is 0 Å². The highest BCUT2D eigenvalue weighted by Crippen LogP contribution is 2.28. The average Bonchev–Trinajstić information content (AvgIpc) is 2.45. The summed E-state index contributed by atoms with van der Waals surface area (Å²) in [4.78, 5) is 19.2. The fourth-order valence-electron chi connectivity index (χ4n) is 1.17. The predicted molar refractivity (Wildman–Crippen MR) is 58.8 cm³/mol. The molecule has 0 atom stereocenters. The first-order chi connectivity index (χ1) is 7.06. The summed E-state index contributed by atoms with van der Waals surface area (Å²) in [7, 11) is 0. The van der Waals surface area contributed by atoms with E-state index in [2.05, 4.69) is 15.3 Å². The Morgan fingerprint density at radius 1 is 1.60 bits per heavy atom. The lowest BCUT2D eigenvalue weighted by atomic mass is 10.3. The largest absolute Gasteiger partial charge is 0.465 e. The third-order valence-corrected chi connectivity index (χ3v) is 2.80. The first-order valence-corrected chi connectivity index (χ1v) is 5.19. The molecule has 2 aromatic rings. The van der Waals surface area contributed by atoms with Crippen LogP contribution in [0.5, 0.6) is 0 Å². The second kappa shape index (κ2) is 3.63. The lowest BCUT2D eigenvalue weighted by molar-refractivity contribution is 0.210. The van der Waals surface area contributed by atoms with Gasteiger partial charge in [0.1, 0.15) is 15.5 Å². The minimum Gasteiger partial charge on any atom is -0.465 e. The molecule has 15 heavy (non-hydrogen) atoms. The Morgan fingerprint density at radius 3 is 3.00 bits per heavy atom. The van der Waals surface area contributed by atoms with Crippen molar-refractivity contribution >= 4 is 44.5 Å². The molecule has 0 unspecified atom stereocenters. The highest BCUT2D eigenvalue weighted by molar-refractivity contribution is 7.22. The lowest BCUT2D eigenvalue weighted by Gasteiger charge is -1.93. The van der Waals surface area contributed by atoms with E-state index in [1.807, 2.05) is 6.92 Å². The van der Waals surface area contributed by atoms with Crippen LogP contribution in [0.1, 0.15) is 5.56 Å². The molecule has 2 heterocycles. The molecular formula is C8H6ClN3O2S. The number of nitrogens with one attached hydrogen (secondary N) is 1. The Morgan fingerprint density at radius 2 is 2.33 bits per heavy atom. The molecule has 2 N–H and O–H groups in total. The van der Waals surface area contributed by atoms with Gasteiger partial charge in [-0.2, -0.15) is 0 Å². The van der Waals surface area contributed by atoms with Crippen LogP contribution in [0, 0.1) is 6.92 Å². The van der Waals surface area contributed by atoms with E-state index < -0.39 is 6.09 Å². The van der Waals surface area contributed by atoms with Crippen LogP contribution >= 0.6 is 22.9 Å². The monoisotopic (exact) mass is 243 g/mol. The summed E-state index contributed by atoms with van der Waals surface area (Å²) in [5, 5.41) is 11.4. The fourth-order valence-corrected chi connectivity index (χ4v) is 2.37. The van der Waals surface area contributed by atoms with Gasteiger partial charge in [0.25, 0.3) is 0 Å². The molecule has 0 saturated carbocycles. The molecular weight excluding hydrogens is 238 g/mol. The molecule has 2 rings (SSSR count). The molecule has 7 heteroatoms. The number of fused-ring (bicyclic) bond motifs is 1. The van der Waals surface area contributed by atoms with Crippen LogP contribution in [0.25, 0.3) is 10.3 Å². The van der Waals surface area contributed by atoms with Crippen LogP contribution in [0.2, 0.25) is 5.15 Å². The lowest BCUT2D eigenvalue weighted by Crippen LogP contribution is -2.06. The molecule has 0 aliphatic rings. The number of halogens is 1. The highest BCUT2D eigenvalue weighted by Gasteiger charge is 2.10. The van der Waals surface area contributed by atoms with Crippen LogP contribution < -0.4 is 5.32 Å². The Balaban J connectivity index is 2.55. The standard InChI is InChI=1S/C8H6ClN3O2S/c1-3-2-4(9)10-6-5(3)11-7(15-6)12-8(13)14/h2H,1H3,(H,11,12)(H,13,14). The first-order valence-electron chi connectivity index (χ1n) is 4.00. The van der Waals surface area contributed by atoms with E-state index in [1.54, 1.807) is 6.07 Å². The van der Waals surface area contributed by atoms with Crippen LogP contribution in [-0.2, 0) is 0 Å².